The Kier molecular flexibility index (Phi) is 3.12. The Morgan fingerprint density at radius 2 is 2.50 bits per heavy atom. The summed E-state index contributed by atoms with van der Waals surface area (Å²) in [6.07, 6.45) is 0.346. The number of ether oxygens (including phenoxy) is 1. The summed E-state index contributed by atoms with van der Waals surface area (Å²) in [6.45, 7) is 4.95. The molecule has 0 amide bonds. The summed E-state index contributed by atoms with van der Waals surface area (Å²) < 4.78 is 5.51. The van der Waals surface area contributed by atoms with E-state index in [4.69, 9.17) is 4.74 Å². The molecule has 1 fully saturated rings. The van der Waals surface area contributed by atoms with Crippen molar-refractivity contribution in [2.24, 2.45) is 0 Å². The number of nitrogens with one attached hydrogen (secondary N) is 2. The standard InChI is InChI=1S/C7H16N2O/c1-6(8-2)7-5-9-3-4-10-7/h6-9H,3-5H2,1-2H3. The highest BCUT2D eigenvalue weighted by Gasteiger charge is 2.18. The van der Waals surface area contributed by atoms with E-state index in [2.05, 4.69) is 17.6 Å². The highest BCUT2D eigenvalue weighted by molar-refractivity contribution is 4.76. The second kappa shape index (κ2) is 3.91. The van der Waals surface area contributed by atoms with Gasteiger partial charge in [0.05, 0.1) is 12.7 Å². The van der Waals surface area contributed by atoms with Gasteiger partial charge in [0.25, 0.3) is 0 Å². The molecule has 3 nitrogen and oxygen atoms in total. The van der Waals surface area contributed by atoms with E-state index in [0.717, 1.165) is 19.7 Å². The lowest BCUT2D eigenvalue weighted by Crippen LogP contribution is -2.48. The zero-order chi connectivity index (χ0) is 7.40. The molecule has 0 saturated carbocycles. The van der Waals surface area contributed by atoms with Crippen LogP contribution in [0.4, 0.5) is 0 Å². The summed E-state index contributed by atoms with van der Waals surface area (Å²) in [5.74, 6) is 0. The smallest absolute Gasteiger partial charge is 0.0849 e. The summed E-state index contributed by atoms with van der Waals surface area (Å²) >= 11 is 0. The van der Waals surface area contributed by atoms with Gasteiger partial charge in [-0.1, -0.05) is 0 Å². The second-order valence-corrected chi connectivity index (χ2v) is 2.69. The molecule has 1 heterocycles. The van der Waals surface area contributed by atoms with Crippen LogP contribution in [-0.2, 0) is 4.74 Å². The third-order valence-corrected chi connectivity index (χ3v) is 1.97. The van der Waals surface area contributed by atoms with Crippen molar-refractivity contribution in [1.29, 1.82) is 0 Å². The summed E-state index contributed by atoms with van der Waals surface area (Å²) in [5.41, 5.74) is 0. The molecule has 1 rings (SSSR count). The first-order valence-electron chi connectivity index (χ1n) is 3.84. The summed E-state index contributed by atoms with van der Waals surface area (Å²) in [5, 5.41) is 6.45. The molecule has 1 aliphatic rings. The molecule has 0 aromatic rings. The lowest BCUT2D eigenvalue weighted by molar-refractivity contribution is 0.00993. The molecule has 2 unspecified atom stereocenters. The van der Waals surface area contributed by atoms with Gasteiger partial charge < -0.3 is 15.4 Å². The van der Waals surface area contributed by atoms with Crippen molar-refractivity contribution in [3.63, 3.8) is 0 Å². The van der Waals surface area contributed by atoms with E-state index in [1.54, 1.807) is 0 Å². The van der Waals surface area contributed by atoms with Crippen molar-refractivity contribution in [2.45, 2.75) is 19.1 Å². The van der Waals surface area contributed by atoms with Crippen LogP contribution in [0.25, 0.3) is 0 Å². The van der Waals surface area contributed by atoms with Gasteiger partial charge in [-0.25, -0.2) is 0 Å². The molecule has 2 atom stereocenters. The molecular formula is C7H16N2O. The van der Waals surface area contributed by atoms with Gasteiger partial charge in [0.15, 0.2) is 0 Å². The molecule has 0 spiro atoms. The first-order valence-corrected chi connectivity index (χ1v) is 3.84. The van der Waals surface area contributed by atoms with Crippen molar-refractivity contribution in [1.82, 2.24) is 10.6 Å². The fraction of sp³-hybridized carbons (Fsp3) is 1.00. The maximum atomic E-state index is 5.51. The van der Waals surface area contributed by atoms with Gasteiger partial charge in [0, 0.05) is 19.1 Å². The van der Waals surface area contributed by atoms with Gasteiger partial charge in [0.1, 0.15) is 0 Å². The van der Waals surface area contributed by atoms with Gasteiger partial charge in [-0.2, -0.15) is 0 Å². The Balaban J connectivity index is 2.24. The van der Waals surface area contributed by atoms with Gasteiger partial charge >= 0.3 is 0 Å². The molecule has 60 valence electrons. The average Bonchev–Trinajstić information content (AvgIpc) is 2.05. The van der Waals surface area contributed by atoms with E-state index in [1.807, 2.05) is 7.05 Å². The van der Waals surface area contributed by atoms with E-state index >= 15 is 0 Å². The van der Waals surface area contributed by atoms with Crippen LogP contribution in [0, 0.1) is 0 Å². The van der Waals surface area contributed by atoms with Gasteiger partial charge in [-0.3, -0.25) is 0 Å². The lowest BCUT2D eigenvalue weighted by Gasteiger charge is -2.28. The average molecular weight is 144 g/mol. The third-order valence-electron chi connectivity index (χ3n) is 1.97. The zero-order valence-corrected chi connectivity index (χ0v) is 6.68. The van der Waals surface area contributed by atoms with Crippen molar-refractivity contribution >= 4 is 0 Å². The lowest BCUT2D eigenvalue weighted by atomic mass is 10.2. The van der Waals surface area contributed by atoms with E-state index in [1.165, 1.54) is 0 Å². The third kappa shape index (κ3) is 1.94. The Morgan fingerprint density at radius 3 is 3.00 bits per heavy atom. The van der Waals surface area contributed by atoms with Crippen molar-refractivity contribution < 1.29 is 4.74 Å². The van der Waals surface area contributed by atoms with E-state index in [-0.39, 0.29) is 0 Å². The maximum absolute atomic E-state index is 5.51. The van der Waals surface area contributed by atoms with Gasteiger partial charge in [-0.05, 0) is 14.0 Å². The molecule has 0 aromatic heterocycles. The van der Waals surface area contributed by atoms with Crippen LogP contribution >= 0.6 is 0 Å². The zero-order valence-electron chi connectivity index (χ0n) is 6.68. The fourth-order valence-corrected chi connectivity index (χ4v) is 1.09. The Morgan fingerprint density at radius 1 is 1.70 bits per heavy atom. The molecule has 1 aliphatic heterocycles. The summed E-state index contributed by atoms with van der Waals surface area (Å²) in [4.78, 5) is 0. The van der Waals surface area contributed by atoms with Gasteiger partial charge in [0.2, 0.25) is 0 Å². The molecule has 0 aromatic carbocycles. The summed E-state index contributed by atoms with van der Waals surface area (Å²) in [7, 11) is 1.96. The second-order valence-electron chi connectivity index (χ2n) is 2.69. The molecule has 10 heavy (non-hydrogen) atoms. The highest BCUT2D eigenvalue weighted by Crippen LogP contribution is 2.00. The molecule has 0 radical (unpaired) electrons. The van der Waals surface area contributed by atoms with Crippen LogP contribution in [0.5, 0.6) is 0 Å². The van der Waals surface area contributed by atoms with Crippen LogP contribution in [-0.4, -0.2) is 38.9 Å². The van der Waals surface area contributed by atoms with E-state index in [0.29, 0.717) is 12.1 Å². The molecule has 3 heteroatoms. The molecule has 0 aliphatic carbocycles. The molecular weight excluding hydrogens is 128 g/mol. The normalized spacial score (nSPS) is 30.0. The monoisotopic (exact) mass is 144 g/mol. The fourth-order valence-electron chi connectivity index (χ4n) is 1.09. The minimum atomic E-state index is 0.346. The minimum Gasteiger partial charge on any atom is -0.374 e. The Hall–Kier alpha value is -0.120. The predicted molar refractivity (Wildman–Crippen MR) is 41.1 cm³/mol. The number of morpholine rings is 1. The number of hydrogen-bond acceptors (Lipinski definition) is 3. The quantitative estimate of drug-likeness (QED) is 0.552. The molecule has 2 N–H and O–H groups in total. The highest BCUT2D eigenvalue weighted by atomic mass is 16.5. The Labute approximate surface area is 62.1 Å². The van der Waals surface area contributed by atoms with Crippen LogP contribution in [0.2, 0.25) is 0 Å². The first-order chi connectivity index (χ1) is 4.84. The number of likely N-dealkylation sites (N-methyl/N-ethyl adjacent to an activating group) is 1. The van der Waals surface area contributed by atoms with Crippen LogP contribution in [0.3, 0.4) is 0 Å². The van der Waals surface area contributed by atoms with Crippen LogP contribution < -0.4 is 10.6 Å². The predicted octanol–water partition coefficient (Wildman–Crippen LogP) is -0.417. The first kappa shape index (κ1) is 7.98. The molecule has 1 saturated heterocycles. The van der Waals surface area contributed by atoms with Crippen LogP contribution in [0.15, 0.2) is 0 Å². The van der Waals surface area contributed by atoms with Crippen molar-refractivity contribution in [2.75, 3.05) is 26.7 Å². The number of rotatable bonds is 2. The SMILES string of the molecule is CNC(C)C1CNCCO1. The minimum absolute atomic E-state index is 0.346. The largest absolute Gasteiger partial charge is 0.374 e. The maximum Gasteiger partial charge on any atom is 0.0849 e. The summed E-state index contributed by atoms with van der Waals surface area (Å²) in [6, 6.07) is 0.452. The molecule has 0 bridgehead atoms. The van der Waals surface area contributed by atoms with Crippen molar-refractivity contribution in [3.8, 4) is 0 Å². The number of hydrogen-bond donors (Lipinski definition) is 2. The Bertz CT molecular complexity index is 91.6. The van der Waals surface area contributed by atoms with E-state index in [9.17, 15) is 0 Å². The van der Waals surface area contributed by atoms with Crippen molar-refractivity contribution in [3.05, 3.63) is 0 Å². The van der Waals surface area contributed by atoms with Gasteiger partial charge in [-0.15, -0.1) is 0 Å². The van der Waals surface area contributed by atoms with E-state index < -0.39 is 0 Å². The topological polar surface area (TPSA) is 33.3 Å². The van der Waals surface area contributed by atoms with Crippen LogP contribution in [0.1, 0.15) is 6.92 Å².